The molecule has 2 aromatic rings. The van der Waals surface area contributed by atoms with Crippen molar-refractivity contribution in [3.63, 3.8) is 0 Å². The highest BCUT2D eigenvalue weighted by Gasteiger charge is 2.02. The minimum Gasteiger partial charge on any atom is -0.220 e. The van der Waals surface area contributed by atoms with Gasteiger partial charge in [0.1, 0.15) is 0 Å². The molecule has 0 unspecified atom stereocenters. The third kappa shape index (κ3) is 2.13. The van der Waals surface area contributed by atoms with Crippen LogP contribution in [-0.4, -0.2) is 15.0 Å². The average molecular weight is 215 g/mol. The lowest BCUT2D eigenvalue weighted by Crippen LogP contribution is -1.95. The Morgan fingerprint density at radius 3 is 2.38 bits per heavy atom. The first kappa shape index (κ1) is 10.9. The number of benzene rings is 1. The van der Waals surface area contributed by atoms with Crippen LogP contribution in [0.2, 0.25) is 0 Å². The molecule has 1 aromatic carbocycles. The van der Waals surface area contributed by atoms with Gasteiger partial charge in [-0.1, -0.05) is 38.1 Å². The first-order valence-electron chi connectivity index (χ1n) is 5.72. The second kappa shape index (κ2) is 4.47. The summed E-state index contributed by atoms with van der Waals surface area (Å²) < 4.78 is 1.82. The molecule has 2 rings (SSSR count). The molecule has 84 valence electrons. The quantitative estimate of drug-likeness (QED) is 0.788. The summed E-state index contributed by atoms with van der Waals surface area (Å²) >= 11 is 0. The molecule has 0 aliphatic heterocycles. The maximum atomic E-state index is 4.10. The molecule has 0 spiro atoms. The van der Waals surface area contributed by atoms with Crippen LogP contribution in [0.25, 0.3) is 5.69 Å². The fourth-order valence-corrected chi connectivity index (χ4v) is 1.60. The summed E-state index contributed by atoms with van der Waals surface area (Å²) in [6.07, 6.45) is 2.90. The molecule has 0 saturated heterocycles. The van der Waals surface area contributed by atoms with Crippen LogP contribution in [0.5, 0.6) is 0 Å². The molecule has 0 saturated carbocycles. The van der Waals surface area contributed by atoms with E-state index in [0.717, 1.165) is 17.8 Å². The van der Waals surface area contributed by atoms with Crippen molar-refractivity contribution in [2.45, 2.75) is 33.1 Å². The summed E-state index contributed by atoms with van der Waals surface area (Å²) in [5, 5.41) is 8.18. The molecule has 0 radical (unpaired) electrons. The van der Waals surface area contributed by atoms with Gasteiger partial charge in [0.15, 0.2) is 0 Å². The smallest absolute Gasteiger partial charge is 0.0829 e. The number of rotatable bonds is 3. The maximum absolute atomic E-state index is 4.10. The van der Waals surface area contributed by atoms with Gasteiger partial charge in [-0.2, -0.15) is 0 Å². The van der Waals surface area contributed by atoms with Crippen LogP contribution in [0, 0.1) is 0 Å². The van der Waals surface area contributed by atoms with E-state index in [1.54, 1.807) is 0 Å². The van der Waals surface area contributed by atoms with Gasteiger partial charge in [0.05, 0.1) is 17.6 Å². The van der Waals surface area contributed by atoms with Crippen molar-refractivity contribution in [2.75, 3.05) is 0 Å². The summed E-state index contributed by atoms with van der Waals surface area (Å²) in [4.78, 5) is 0. The Morgan fingerprint density at radius 2 is 1.88 bits per heavy atom. The number of aryl methyl sites for hydroxylation is 1. The van der Waals surface area contributed by atoms with Gasteiger partial charge in [0.25, 0.3) is 0 Å². The molecule has 0 aliphatic rings. The van der Waals surface area contributed by atoms with Gasteiger partial charge >= 0.3 is 0 Å². The second-order valence-electron chi connectivity index (χ2n) is 4.25. The van der Waals surface area contributed by atoms with Crippen LogP contribution < -0.4 is 0 Å². The standard InChI is InChI=1S/C13H17N3/c1-4-12-9-16(15-14-12)13-7-5-11(6-8-13)10(2)3/h5-10H,4H2,1-3H3. The van der Waals surface area contributed by atoms with Crippen LogP contribution in [0.4, 0.5) is 0 Å². The Bertz CT molecular complexity index is 454. The van der Waals surface area contributed by atoms with E-state index in [-0.39, 0.29) is 0 Å². The van der Waals surface area contributed by atoms with Crippen molar-refractivity contribution in [3.8, 4) is 5.69 Å². The fourth-order valence-electron chi connectivity index (χ4n) is 1.60. The molecule has 0 fully saturated rings. The third-order valence-electron chi connectivity index (χ3n) is 2.73. The van der Waals surface area contributed by atoms with Crippen molar-refractivity contribution in [1.82, 2.24) is 15.0 Å². The Balaban J connectivity index is 2.27. The van der Waals surface area contributed by atoms with Gasteiger partial charge in [-0.3, -0.25) is 0 Å². The molecule has 0 aliphatic carbocycles. The molecule has 3 heteroatoms. The molecule has 0 N–H and O–H groups in total. The molecule has 1 aromatic heterocycles. The molecule has 0 atom stereocenters. The van der Waals surface area contributed by atoms with Gasteiger partial charge in [0.2, 0.25) is 0 Å². The van der Waals surface area contributed by atoms with E-state index in [9.17, 15) is 0 Å². The Hall–Kier alpha value is -1.64. The predicted molar refractivity (Wildman–Crippen MR) is 64.8 cm³/mol. The lowest BCUT2D eigenvalue weighted by Gasteiger charge is -2.06. The largest absolute Gasteiger partial charge is 0.220 e. The molecular formula is C13H17N3. The van der Waals surface area contributed by atoms with Crippen LogP contribution in [0.1, 0.15) is 37.9 Å². The van der Waals surface area contributed by atoms with Gasteiger partial charge in [0, 0.05) is 0 Å². The minimum absolute atomic E-state index is 0.566. The van der Waals surface area contributed by atoms with E-state index < -0.39 is 0 Å². The van der Waals surface area contributed by atoms with Gasteiger partial charge < -0.3 is 0 Å². The van der Waals surface area contributed by atoms with E-state index in [1.807, 2.05) is 10.9 Å². The van der Waals surface area contributed by atoms with Crippen molar-refractivity contribution >= 4 is 0 Å². The number of aromatic nitrogens is 3. The Labute approximate surface area is 96.1 Å². The van der Waals surface area contributed by atoms with Crippen molar-refractivity contribution in [1.29, 1.82) is 0 Å². The Kier molecular flexibility index (Phi) is 3.04. The zero-order valence-electron chi connectivity index (χ0n) is 10.0. The zero-order chi connectivity index (χ0) is 11.5. The normalized spacial score (nSPS) is 11.0. The van der Waals surface area contributed by atoms with Crippen molar-refractivity contribution in [3.05, 3.63) is 41.7 Å². The number of hydrogen-bond acceptors (Lipinski definition) is 2. The zero-order valence-corrected chi connectivity index (χ0v) is 10.0. The summed E-state index contributed by atoms with van der Waals surface area (Å²) in [6.45, 7) is 6.47. The van der Waals surface area contributed by atoms with E-state index >= 15 is 0 Å². The van der Waals surface area contributed by atoms with E-state index in [1.165, 1.54) is 5.56 Å². The summed E-state index contributed by atoms with van der Waals surface area (Å²) in [7, 11) is 0. The maximum Gasteiger partial charge on any atom is 0.0829 e. The fraction of sp³-hybridized carbons (Fsp3) is 0.385. The van der Waals surface area contributed by atoms with Crippen LogP contribution in [0.15, 0.2) is 30.5 Å². The van der Waals surface area contributed by atoms with Gasteiger partial charge in [-0.25, -0.2) is 4.68 Å². The Morgan fingerprint density at radius 1 is 1.19 bits per heavy atom. The lowest BCUT2D eigenvalue weighted by molar-refractivity contribution is 0.795. The number of nitrogens with zero attached hydrogens (tertiary/aromatic N) is 3. The predicted octanol–water partition coefficient (Wildman–Crippen LogP) is 2.95. The van der Waals surface area contributed by atoms with Crippen molar-refractivity contribution < 1.29 is 0 Å². The highest BCUT2D eigenvalue weighted by molar-refractivity contribution is 5.34. The average Bonchev–Trinajstić information content (AvgIpc) is 2.77. The van der Waals surface area contributed by atoms with E-state index in [2.05, 4.69) is 55.3 Å². The van der Waals surface area contributed by atoms with E-state index in [4.69, 9.17) is 0 Å². The summed E-state index contributed by atoms with van der Waals surface area (Å²) in [5.74, 6) is 0.566. The highest BCUT2D eigenvalue weighted by atomic mass is 15.4. The molecule has 0 amide bonds. The second-order valence-corrected chi connectivity index (χ2v) is 4.25. The summed E-state index contributed by atoms with van der Waals surface area (Å²) in [5.41, 5.74) is 3.43. The molecular weight excluding hydrogens is 198 g/mol. The first-order valence-corrected chi connectivity index (χ1v) is 5.72. The minimum atomic E-state index is 0.566. The van der Waals surface area contributed by atoms with Crippen LogP contribution in [0.3, 0.4) is 0 Å². The molecule has 1 heterocycles. The topological polar surface area (TPSA) is 30.7 Å². The van der Waals surface area contributed by atoms with Gasteiger partial charge in [-0.05, 0) is 30.0 Å². The summed E-state index contributed by atoms with van der Waals surface area (Å²) in [6, 6.07) is 8.47. The SMILES string of the molecule is CCc1cn(-c2ccc(C(C)C)cc2)nn1. The molecule has 3 nitrogen and oxygen atoms in total. The lowest BCUT2D eigenvalue weighted by atomic mass is 10.0. The first-order chi connectivity index (χ1) is 7.70. The van der Waals surface area contributed by atoms with Crippen LogP contribution in [-0.2, 0) is 6.42 Å². The third-order valence-corrected chi connectivity index (χ3v) is 2.73. The van der Waals surface area contributed by atoms with Crippen LogP contribution >= 0.6 is 0 Å². The van der Waals surface area contributed by atoms with E-state index in [0.29, 0.717) is 5.92 Å². The highest BCUT2D eigenvalue weighted by Crippen LogP contribution is 2.16. The molecule has 0 bridgehead atoms. The van der Waals surface area contributed by atoms with Gasteiger partial charge in [-0.15, -0.1) is 5.10 Å². The van der Waals surface area contributed by atoms with Crippen molar-refractivity contribution in [2.24, 2.45) is 0 Å². The number of hydrogen-bond donors (Lipinski definition) is 0. The molecule has 16 heavy (non-hydrogen) atoms. The monoisotopic (exact) mass is 215 g/mol.